The number of nitrogens with two attached hydrogens (primary N) is 3. The van der Waals surface area contributed by atoms with Crippen molar-refractivity contribution in [2.45, 2.75) is 76.7 Å². The van der Waals surface area contributed by atoms with Crippen LogP contribution < -0.4 is 33.2 Å². The minimum atomic E-state index is -1.57. The van der Waals surface area contributed by atoms with Crippen molar-refractivity contribution in [2.75, 3.05) is 0 Å². The molecule has 0 bridgehead atoms. The lowest BCUT2D eigenvalue weighted by Crippen LogP contribution is -2.61. The van der Waals surface area contributed by atoms with Gasteiger partial charge in [0.1, 0.15) is 18.1 Å². The fourth-order valence-electron chi connectivity index (χ4n) is 2.73. The molecule has 0 radical (unpaired) electrons. The van der Waals surface area contributed by atoms with Crippen LogP contribution in [0, 0.1) is 5.92 Å². The van der Waals surface area contributed by atoms with Crippen molar-refractivity contribution >= 4 is 35.5 Å². The third-order valence-electron chi connectivity index (χ3n) is 4.91. The topological polar surface area (TPSA) is 257 Å². The van der Waals surface area contributed by atoms with Crippen LogP contribution in [-0.2, 0) is 28.8 Å². The number of carbonyl (C=O) groups is 6. The third-order valence-corrected chi connectivity index (χ3v) is 4.91. The average molecular weight is 475 g/mol. The molecule has 33 heavy (non-hydrogen) atoms. The Morgan fingerprint density at radius 3 is 1.79 bits per heavy atom. The standard InChI is InChI=1S/C19H34N6O8/c1-4-8(2)14(24-16(29)10(20)7-13(22)28)17(30)25-15(9(3)26)18(31)23-11(19(32)33)5-6-12(21)27/h8-11,14-15,26H,4-7,20H2,1-3H3,(H2,21,27)(H2,22,28)(H,23,31)(H,24,29)(H,25,30)(H,32,33). The smallest absolute Gasteiger partial charge is 0.326 e. The molecule has 0 saturated carbocycles. The molecule has 0 saturated heterocycles. The SMILES string of the molecule is CCC(C)C(NC(=O)C(N)CC(N)=O)C(=O)NC(C(=O)NC(CCC(N)=O)C(=O)O)C(C)O. The van der Waals surface area contributed by atoms with Crippen LogP contribution in [0.1, 0.15) is 46.5 Å². The lowest BCUT2D eigenvalue weighted by molar-refractivity contribution is -0.143. The molecule has 6 unspecified atom stereocenters. The highest BCUT2D eigenvalue weighted by Crippen LogP contribution is 2.10. The minimum absolute atomic E-state index is 0.291. The zero-order valence-electron chi connectivity index (χ0n) is 18.9. The summed E-state index contributed by atoms with van der Waals surface area (Å²) < 4.78 is 0. The van der Waals surface area contributed by atoms with Gasteiger partial charge in [0.05, 0.1) is 18.6 Å². The van der Waals surface area contributed by atoms with Gasteiger partial charge in [-0.15, -0.1) is 0 Å². The van der Waals surface area contributed by atoms with E-state index in [4.69, 9.17) is 17.2 Å². The van der Waals surface area contributed by atoms with Crippen LogP contribution >= 0.6 is 0 Å². The molecule has 0 aliphatic heterocycles. The molecule has 5 amide bonds. The number of hydrogen-bond donors (Lipinski definition) is 8. The molecule has 0 fully saturated rings. The fourth-order valence-corrected chi connectivity index (χ4v) is 2.73. The maximum Gasteiger partial charge on any atom is 0.326 e. The number of primary amides is 2. The molecular weight excluding hydrogens is 440 g/mol. The van der Waals surface area contributed by atoms with Crippen LogP contribution in [0.5, 0.6) is 0 Å². The summed E-state index contributed by atoms with van der Waals surface area (Å²) in [6, 6.07) is -5.53. The lowest BCUT2D eigenvalue weighted by atomic mass is 9.97. The van der Waals surface area contributed by atoms with Gasteiger partial charge in [-0.2, -0.15) is 0 Å². The number of aliphatic carboxylic acids is 1. The number of rotatable bonds is 15. The van der Waals surface area contributed by atoms with Crippen LogP contribution in [-0.4, -0.2) is 76.0 Å². The van der Waals surface area contributed by atoms with Gasteiger partial charge in [-0.05, 0) is 19.3 Å². The summed E-state index contributed by atoms with van der Waals surface area (Å²) in [6.45, 7) is 4.59. The molecule has 0 aromatic carbocycles. The number of carbonyl (C=O) groups excluding carboxylic acids is 5. The first kappa shape index (κ1) is 29.7. The molecule has 0 heterocycles. The van der Waals surface area contributed by atoms with Crippen molar-refractivity contribution in [2.24, 2.45) is 23.1 Å². The van der Waals surface area contributed by atoms with Crippen molar-refractivity contribution in [3.63, 3.8) is 0 Å². The number of aliphatic hydroxyl groups excluding tert-OH is 1. The summed E-state index contributed by atoms with van der Waals surface area (Å²) in [4.78, 5) is 70.9. The molecule has 0 aliphatic rings. The van der Waals surface area contributed by atoms with E-state index in [1.807, 2.05) is 0 Å². The van der Waals surface area contributed by atoms with Crippen LogP contribution in [0.15, 0.2) is 0 Å². The molecule has 0 aromatic heterocycles. The zero-order chi connectivity index (χ0) is 25.9. The predicted octanol–water partition coefficient (Wildman–Crippen LogP) is -3.58. The second kappa shape index (κ2) is 14.0. The highest BCUT2D eigenvalue weighted by molar-refractivity contribution is 5.95. The highest BCUT2D eigenvalue weighted by Gasteiger charge is 2.34. The second-order valence-corrected chi connectivity index (χ2v) is 7.78. The molecule has 11 N–H and O–H groups in total. The Morgan fingerprint density at radius 1 is 0.848 bits per heavy atom. The van der Waals surface area contributed by atoms with Gasteiger partial charge in [0.2, 0.25) is 29.5 Å². The summed E-state index contributed by atoms with van der Waals surface area (Å²) in [5.74, 6) is -6.12. The summed E-state index contributed by atoms with van der Waals surface area (Å²) >= 11 is 0. The van der Waals surface area contributed by atoms with Crippen molar-refractivity contribution in [1.82, 2.24) is 16.0 Å². The molecule has 188 valence electrons. The summed E-state index contributed by atoms with van der Waals surface area (Å²) in [5.41, 5.74) is 15.6. The third kappa shape index (κ3) is 10.7. The number of carboxylic acid groups (broad SMARTS) is 1. The normalized spacial score (nSPS) is 16.3. The van der Waals surface area contributed by atoms with E-state index in [9.17, 15) is 39.0 Å². The number of hydrogen-bond acceptors (Lipinski definition) is 8. The van der Waals surface area contributed by atoms with E-state index >= 15 is 0 Å². The largest absolute Gasteiger partial charge is 0.480 e. The van der Waals surface area contributed by atoms with Gasteiger partial charge in [-0.1, -0.05) is 20.3 Å². The molecule has 6 atom stereocenters. The molecule has 0 spiro atoms. The van der Waals surface area contributed by atoms with E-state index < -0.39 is 78.1 Å². The number of aliphatic hydroxyl groups is 1. The van der Waals surface area contributed by atoms with Crippen LogP contribution in [0.3, 0.4) is 0 Å². The van der Waals surface area contributed by atoms with E-state index in [1.165, 1.54) is 6.92 Å². The summed E-state index contributed by atoms with van der Waals surface area (Å²) in [5, 5.41) is 26.1. The van der Waals surface area contributed by atoms with Crippen molar-refractivity contribution < 1.29 is 39.0 Å². The quantitative estimate of drug-likeness (QED) is 0.116. The molecule has 0 rings (SSSR count). The van der Waals surface area contributed by atoms with Crippen LogP contribution in [0.25, 0.3) is 0 Å². The minimum Gasteiger partial charge on any atom is -0.480 e. The molecule has 14 nitrogen and oxygen atoms in total. The van der Waals surface area contributed by atoms with E-state index in [1.54, 1.807) is 13.8 Å². The highest BCUT2D eigenvalue weighted by atomic mass is 16.4. The van der Waals surface area contributed by atoms with Gasteiger partial charge < -0.3 is 43.4 Å². The number of amides is 5. The van der Waals surface area contributed by atoms with Crippen molar-refractivity contribution in [3.8, 4) is 0 Å². The first-order valence-electron chi connectivity index (χ1n) is 10.3. The van der Waals surface area contributed by atoms with Crippen molar-refractivity contribution in [3.05, 3.63) is 0 Å². The van der Waals surface area contributed by atoms with Gasteiger partial charge >= 0.3 is 5.97 Å². The lowest BCUT2D eigenvalue weighted by Gasteiger charge is -2.28. The summed E-state index contributed by atoms with van der Waals surface area (Å²) in [7, 11) is 0. The second-order valence-electron chi connectivity index (χ2n) is 7.78. The maximum atomic E-state index is 12.9. The molecular formula is C19H34N6O8. The van der Waals surface area contributed by atoms with E-state index in [2.05, 4.69) is 16.0 Å². The van der Waals surface area contributed by atoms with Gasteiger partial charge in [0.25, 0.3) is 0 Å². The Balaban J connectivity index is 5.48. The number of nitrogens with one attached hydrogen (secondary N) is 3. The number of carboxylic acids is 1. The van der Waals surface area contributed by atoms with Gasteiger partial charge in [0, 0.05) is 6.42 Å². The monoisotopic (exact) mass is 474 g/mol. The Labute approximate surface area is 191 Å². The first-order chi connectivity index (χ1) is 15.2. The first-order valence-corrected chi connectivity index (χ1v) is 10.3. The maximum absolute atomic E-state index is 12.9. The molecule has 14 heteroatoms. The van der Waals surface area contributed by atoms with Gasteiger partial charge in [-0.3, -0.25) is 24.0 Å². The van der Waals surface area contributed by atoms with E-state index in [0.717, 1.165) is 0 Å². The Kier molecular flexibility index (Phi) is 12.6. The summed E-state index contributed by atoms with van der Waals surface area (Å²) in [6.07, 6.45) is -2.05. The fraction of sp³-hybridized carbons (Fsp3) is 0.684. The Bertz CT molecular complexity index is 744. The Morgan fingerprint density at radius 2 is 1.36 bits per heavy atom. The van der Waals surface area contributed by atoms with E-state index in [0.29, 0.717) is 6.42 Å². The van der Waals surface area contributed by atoms with Crippen molar-refractivity contribution in [1.29, 1.82) is 0 Å². The average Bonchev–Trinajstić information content (AvgIpc) is 2.70. The van der Waals surface area contributed by atoms with Crippen LogP contribution in [0.4, 0.5) is 0 Å². The van der Waals surface area contributed by atoms with Gasteiger partial charge in [0.15, 0.2) is 0 Å². The Hall–Kier alpha value is -3.26. The predicted molar refractivity (Wildman–Crippen MR) is 115 cm³/mol. The molecule has 0 aliphatic carbocycles. The van der Waals surface area contributed by atoms with Crippen LogP contribution in [0.2, 0.25) is 0 Å². The van der Waals surface area contributed by atoms with Gasteiger partial charge in [-0.25, -0.2) is 4.79 Å². The van der Waals surface area contributed by atoms with E-state index in [-0.39, 0.29) is 12.8 Å². The zero-order valence-corrected chi connectivity index (χ0v) is 18.9. The molecule has 0 aromatic rings.